The topological polar surface area (TPSA) is 57.7 Å². The van der Waals surface area contributed by atoms with Crippen LogP contribution in [0.4, 0.5) is 26.3 Å². The Balaban J connectivity index is 1.51. The lowest BCUT2D eigenvalue weighted by molar-refractivity contribution is -0.155. The van der Waals surface area contributed by atoms with Crippen molar-refractivity contribution in [2.24, 2.45) is 5.92 Å². The van der Waals surface area contributed by atoms with Crippen LogP contribution in [-0.4, -0.2) is 65.7 Å². The molecule has 6 nitrogen and oxygen atoms in total. The van der Waals surface area contributed by atoms with Gasteiger partial charge in [-0.25, -0.2) is 4.98 Å². The van der Waals surface area contributed by atoms with Crippen molar-refractivity contribution in [3.8, 4) is 17.0 Å². The number of alkyl halides is 6. The lowest BCUT2D eigenvalue weighted by Crippen LogP contribution is -2.46. The second kappa shape index (κ2) is 16.2. The van der Waals surface area contributed by atoms with E-state index in [1.807, 2.05) is 13.8 Å². The summed E-state index contributed by atoms with van der Waals surface area (Å²) in [5.41, 5.74) is -0.740. The van der Waals surface area contributed by atoms with E-state index in [1.54, 1.807) is 6.07 Å². The van der Waals surface area contributed by atoms with E-state index < -0.39 is 29.9 Å². The average Bonchev–Trinajstić information content (AvgIpc) is 3.13. The Kier molecular flexibility index (Phi) is 11.9. The highest BCUT2D eigenvalue weighted by Crippen LogP contribution is 2.40. The lowest BCUT2D eigenvalue weighted by Gasteiger charge is -2.40. The maximum atomic E-state index is 14.6. The van der Waals surface area contributed by atoms with E-state index in [1.165, 1.54) is 55.0 Å². The first-order chi connectivity index (χ1) is 25.2. The van der Waals surface area contributed by atoms with Crippen LogP contribution in [0.3, 0.4) is 0 Å². The Hall–Kier alpha value is -3.87. The van der Waals surface area contributed by atoms with E-state index >= 15 is 0 Å². The number of amides is 1. The number of carbonyl (C=O) groups excluding carboxylic acids is 1. The molecule has 0 bridgehead atoms. The molecule has 0 aliphatic carbocycles. The molecule has 3 aromatic carbocycles. The van der Waals surface area contributed by atoms with E-state index in [2.05, 4.69) is 15.1 Å². The van der Waals surface area contributed by atoms with Crippen molar-refractivity contribution < 1.29 is 35.9 Å². The molecule has 13 heteroatoms. The number of rotatable bonds is 10. The van der Waals surface area contributed by atoms with Crippen molar-refractivity contribution in [1.29, 1.82) is 0 Å². The predicted octanol–water partition coefficient (Wildman–Crippen LogP) is 10.1. The molecule has 1 atom stereocenters. The zero-order chi connectivity index (χ0) is 37.9. The van der Waals surface area contributed by atoms with Crippen LogP contribution in [0.15, 0.2) is 66.7 Å². The Morgan fingerprint density at radius 2 is 1.62 bits per heavy atom. The number of nitrogens with one attached hydrogen (secondary N) is 1. The van der Waals surface area contributed by atoms with Gasteiger partial charge in [0, 0.05) is 35.2 Å². The minimum atomic E-state index is -4.87. The summed E-state index contributed by atoms with van der Waals surface area (Å²) in [4.78, 5) is 24.0. The van der Waals surface area contributed by atoms with E-state index in [4.69, 9.17) is 21.3 Å². The summed E-state index contributed by atoms with van der Waals surface area (Å²) < 4.78 is 92.0. The van der Waals surface area contributed by atoms with Gasteiger partial charge in [0.25, 0.3) is 5.91 Å². The predicted molar refractivity (Wildman–Crippen MR) is 194 cm³/mol. The number of halogens is 7. The van der Waals surface area contributed by atoms with Gasteiger partial charge in [-0.2, -0.15) is 26.3 Å². The summed E-state index contributed by atoms with van der Waals surface area (Å²) in [5, 5.41) is 2.50. The van der Waals surface area contributed by atoms with Gasteiger partial charge in [-0.3, -0.25) is 9.69 Å². The first-order valence-corrected chi connectivity index (χ1v) is 18.4. The molecule has 2 fully saturated rings. The van der Waals surface area contributed by atoms with Crippen LogP contribution < -0.4 is 10.1 Å². The smallest absolute Gasteiger partial charge is 0.416 e. The van der Waals surface area contributed by atoms with Crippen LogP contribution in [0.25, 0.3) is 22.2 Å². The quantitative estimate of drug-likeness (QED) is 0.163. The molecule has 4 aromatic rings. The molecule has 2 aliphatic rings. The summed E-state index contributed by atoms with van der Waals surface area (Å²) >= 11 is 6.69. The number of pyridine rings is 1. The lowest BCUT2D eigenvalue weighted by atomic mass is 9.93. The van der Waals surface area contributed by atoms with Crippen LogP contribution in [-0.2, 0) is 12.7 Å². The SMILES string of the molecule is CC(C)COc1cc2nc(-c3cccc(C(F)(F)F)c3)c(CN3CCC(N4CCCCC4)CC3)c(C(=O)N[C@H](c3ccccc3)C(F)(F)F)c2cc1Cl. The first-order valence-electron chi connectivity index (χ1n) is 18.0. The van der Waals surface area contributed by atoms with Crippen molar-refractivity contribution in [2.75, 3.05) is 32.8 Å². The van der Waals surface area contributed by atoms with Gasteiger partial charge < -0.3 is 15.0 Å². The first kappa shape index (κ1) is 38.8. The highest BCUT2D eigenvalue weighted by Gasteiger charge is 2.43. The van der Waals surface area contributed by atoms with Crippen LogP contribution in [0.1, 0.15) is 79.0 Å². The standard InChI is InChI=1S/C40H43ClF6N4O2/c1-25(2)24-53-34-22-33-30(21-32(34)41)35(38(52)49-37(40(45,46)47)26-10-5-3-6-11-26)31(36(48-33)27-12-9-13-28(20-27)39(42,43)44)23-50-18-14-29(15-19-50)51-16-7-4-8-17-51/h3,5-6,9-13,20-22,25,29,37H,4,7-8,14-19,23-24H2,1-2H3,(H,49,52)/t37-/m1/s1. The summed E-state index contributed by atoms with van der Waals surface area (Å²) in [7, 11) is 0. The molecule has 1 amide bonds. The van der Waals surface area contributed by atoms with Crippen molar-refractivity contribution in [3.05, 3.63) is 94.0 Å². The third kappa shape index (κ3) is 9.27. The number of carbonyl (C=O) groups is 1. The second-order valence-corrected chi connectivity index (χ2v) is 14.8. The molecule has 2 saturated heterocycles. The van der Waals surface area contributed by atoms with Crippen molar-refractivity contribution in [3.63, 3.8) is 0 Å². The fraction of sp³-hybridized carbons (Fsp3) is 0.450. The number of ether oxygens (including phenoxy) is 1. The molecule has 53 heavy (non-hydrogen) atoms. The molecule has 0 radical (unpaired) electrons. The molecule has 1 N–H and O–H groups in total. The van der Waals surface area contributed by atoms with Crippen LogP contribution in [0.5, 0.6) is 5.75 Å². The largest absolute Gasteiger partial charge is 0.492 e. The molecular weight excluding hydrogens is 718 g/mol. The van der Waals surface area contributed by atoms with Gasteiger partial charge in [0.2, 0.25) is 0 Å². The van der Waals surface area contributed by atoms with Gasteiger partial charge in [0.15, 0.2) is 6.04 Å². The number of piperidine rings is 2. The molecule has 284 valence electrons. The number of aromatic nitrogens is 1. The highest BCUT2D eigenvalue weighted by atomic mass is 35.5. The van der Waals surface area contributed by atoms with Gasteiger partial charge in [-0.05, 0) is 81.5 Å². The number of hydrogen-bond donors (Lipinski definition) is 1. The normalized spacial score (nSPS) is 17.3. The van der Waals surface area contributed by atoms with Crippen molar-refractivity contribution in [2.45, 2.75) is 76.9 Å². The molecule has 2 aliphatic heterocycles. The van der Waals surface area contributed by atoms with Crippen molar-refractivity contribution in [1.82, 2.24) is 20.1 Å². The fourth-order valence-corrected chi connectivity index (χ4v) is 7.54. The molecule has 1 aromatic heterocycles. The molecule has 0 saturated carbocycles. The average molecular weight is 761 g/mol. The van der Waals surface area contributed by atoms with Crippen LogP contribution >= 0.6 is 11.6 Å². The second-order valence-electron chi connectivity index (χ2n) is 14.4. The maximum Gasteiger partial charge on any atom is 0.416 e. The van der Waals surface area contributed by atoms with E-state index in [0.29, 0.717) is 19.1 Å². The Bertz CT molecular complexity index is 1890. The number of benzene rings is 3. The minimum absolute atomic E-state index is 0.0623. The summed E-state index contributed by atoms with van der Waals surface area (Å²) in [6, 6.07) is 12.6. The molecule has 0 spiro atoms. The monoisotopic (exact) mass is 760 g/mol. The Morgan fingerprint density at radius 3 is 2.26 bits per heavy atom. The van der Waals surface area contributed by atoms with Gasteiger partial charge >= 0.3 is 12.4 Å². The third-order valence-corrected chi connectivity index (χ3v) is 10.3. The zero-order valence-electron chi connectivity index (χ0n) is 29.7. The van der Waals surface area contributed by atoms with Gasteiger partial charge in [0.1, 0.15) is 5.75 Å². The van der Waals surface area contributed by atoms with Gasteiger partial charge in [-0.15, -0.1) is 0 Å². The zero-order valence-corrected chi connectivity index (χ0v) is 30.4. The molecular formula is C40H43ClF6N4O2. The van der Waals surface area contributed by atoms with Gasteiger partial charge in [-0.1, -0.05) is 74.3 Å². The van der Waals surface area contributed by atoms with Crippen LogP contribution in [0, 0.1) is 5.92 Å². The summed E-state index contributed by atoms with van der Waals surface area (Å²) in [5.74, 6) is -0.705. The highest BCUT2D eigenvalue weighted by molar-refractivity contribution is 6.33. The summed E-state index contributed by atoms with van der Waals surface area (Å²) in [6.07, 6.45) is -4.35. The Labute approximate surface area is 310 Å². The number of likely N-dealkylation sites (tertiary alicyclic amines) is 2. The van der Waals surface area contributed by atoms with E-state index in [-0.39, 0.29) is 68.7 Å². The molecule has 3 heterocycles. The summed E-state index contributed by atoms with van der Waals surface area (Å²) in [6.45, 7) is 7.55. The maximum absolute atomic E-state index is 14.6. The molecule has 6 rings (SSSR count). The van der Waals surface area contributed by atoms with Crippen molar-refractivity contribution >= 4 is 28.4 Å². The van der Waals surface area contributed by atoms with Crippen LogP contribution in [0.2, 0.25) is 5.02 Å². The van der Waals surface area contributed by atoms with Gasteiger partial charge in [0.05, 0.1) is 34.0 Å². The number of fused-ring (bicyclic) bond motifs is 1. The van der Waals surface area contributed by atoms with E-state index in [0.717, 1.165) is 50.9 Å². The van der Waals surface area contributed by atoms with E-state index in [9.17, 15) is 31.1 Å². The minimum Gasteiger partial charge on any atom is -0.492 e. The molecule has 0 unspecified atom stereocenters. The number of nitrogens with zero attached hydrogens (tertiary/aromatic N) is 3. The number of hydrogen-bond acceptors (Lipinski definition) is 5. The Morgan fingerprint density at radius 1 is 0.925 bits per heavy atom. The fourth-order valence-electron chi connectivity index (χ4n) is 7.32. The third-order valence-electron chi connectivity index (χ3n) is 9.98.